The lowest BCUT2D eigenvalue weighted by Crippen LogP contribution is -2.24. The second kappa shape index (κ2) is 9.03. The smallest absolute Gasteiger partial charge is 0.364 e. The van der Waals surface area contributed by atoms with Gasteiger partial charge in [-0.3, -0.25) is 4.79 Å². The van der Waals surface area contributed by atoms with Crippen LogP contribution in [0.25, 0.3) is 11.6 Å². The first kappa shape index (κ1) is 20.2. The fraction of sp³-hybridized carbons (Fsp3) is 0.136. The van der Waals surface area contributed by atoms with Gasteiger partial charge >= 0.3 is 6.18 Å². The Morgan fingerprint density at radius 1 is 0.926 bits per heavy atom. The fourth-order valence-corrected chi connectivity index (χ4v) is 2.60. The fourth-order valence-electron chi connectivity index (χ4n) is 2.60. The Morgan fingerprint density at radius 2 is 1.48 bits per heavy atom. The van der Waals surface area contributed by atoms with E-state index in [-0.39, 0.29) is 11.1 Å². The van der Waals surface area contributed by atoms with Crippen molar-refractivity contribution in [3.63, 3.8) is 0 Å². The number of carbonyl (C=O) groups excluding carboxylic acids is 1. The summed E-state index contributed by atoms with van der Waals surface area (Å²) < 4.78 is 39.0. The van der Waals surface area contributed by atoms with Gasteiger partial charge in [0.15, 0.2) is 0 Å². The van der Waals surface area contributed by atoms with E-state index in [0.29, 0.717) is 18.7 Å². The predicted octanol–water partition coefficient (Wildman–Crippen LogP) is 5.54. The summed E-state index contributed by atoms with van der Waals surface area (Å²) in [6.07, 6.45) is -0.160. The molecule has 0 spiro atoms. The van der Waals surface area contributed by atoms with Crippen LogP contribution in [0, 0.1) is 0 Å². The van der Waals surface area contributed by atoms with Gasteiger partial charge in [-0.1, -0.05) is 54.6 Å². The van der Waals surface area contributed by atoms with E-state index in [0.717, 1.165) is 5.69 Å². The van der Waals surface area contributed by atoms with Crippen LogP contribution < -0.4 is 4.90 Å². The van der Waals surface area contributed by atoms with Gasteiger partial charge in [-0.2, -0.15) is 13.2 Å². The number of allylic oxidation sites excluding steroid dienone is 1. The van der Waals surface area contributed by atoms with Gasteiger partial charge in [-0.05, 0) is 29.3 Å². The second-order valence-corrected chi connectivity index (χ2v) is 5.82. The van der Waals surface area contributed by atoms with Crippen molar-refractivity contribution < 1.29 is 18.0 Å². The molecule has 0 aromatic heterocycles. The first-order valence-electron chi connectivity index (χ1n) is 8.32. The molecule has 0 atom stereocenters. The molecule has 2 rings (SSSR count). The molecule has 0 saturated carbocycles. The molecule has 0 bridgehead atoms. The highest BCUT2D eigenvalue weighted by atomic mass is 19.4. The minimum absolute atomic E-state index is 0.226. The minimum Gasteiger partial charge on any atom is -0.364 e. The molecule has 0 heterocycles. The molecule has 0 amide bonds. The van der Waals surface area contributed by atoms with Crippen molar-refractivity contribution in [2.45, 2.75) is 6.18 Å². The van der Waals surface area contributed by atoms with E-state index in [9.17, 15) is 18.0 Å². The lowest BCUT2D eigenvalue weighted by atomic mass is 9.98. The number of benzene rings is 2. The first-order chi connectivity index (χ1) is 12.9. The average Bonchev–Trinajstić information content (AvgIpc) is 2.66. The van der Waals surface area contributed by atoms with Crippen molar-refractivity contribution in [1.82, 2.24) is 0 Å². The van der Waals surface area contributed by atoms with Crippen molar-refractivity contribution in [3.05, 3.63) is 91.0 Å². The largest absolute Gasteiger partial charge is 0.454 e. The summed E-state index contributed by atoms with van der Waals surface area (Å²) >= 11 is 0. The number of rotatable bonds is 8. The highest BCUT2D eigenvalue weighted by Gasteiger charge is 2.40. The molecule has 2 aromatic rings. The molecule has 27 heavy (non-hydrogen) atoms. The van der Waals surface area contributed by atoms with Crippen molar-refractivity contribution in [1.29, 1.82) is 0 Å². The minimum atomic E-state index is -4.94. The Kier molecular flexibility index (Phi) is 6.77. The number of anilines is 1. The Bertz CT molecular complexity index is 811. The summed E-state index contributed by atoms with van der Waals surface area (Å²) in [5.41, 5.74) is 1.23. The van der Waals surface area contributed by atoms with Crippen LogP contribution >= 0.6 is 0 Å². The van der Waals surface area contributed by atoms with E-state index in [1.807, 2.05) is 4.90 Å². The lowest BCUT2D eigenvalue weighted by Gasteiger charge is -2.21. The number of Topliss-reactive ketones (excluding diaryl/α,β-unsaturated/α-hetero) is 1. The van der Waals surface area contributed by atoms with Crippen molar-refractivity contribution in [2.75, 3.05) is 18.0 Å². The van der Waals surface area contributed by atoms with Crippen LogP contribution in [-0.4, -0.2) is 25.0 Å². The second-order valence-electron chi connectivity index (χ2n) is 5.82. The van der Waals surface area contributed by atoms with Crippen LogP contribution in [-0.2, 0) is 4.79 Å². The van der Waals surface area contributed by atoms with Gasteiger partial charge in [-0.15, -0.1) is 13.2 Å². The third-order valence-electron chi connectivity index (χ3n) is 3.86. The van der Waals surface area contributed by atoms with Crippen LogP contribution in [0.4, 0.5) is 18.9 Å². The van der Waals surface area contributed by atoms with Crippen LogP contribution in [0.1, 0.15) is 11.1 Å². The molecule has 0 fully saturated rings. The Labute approximate surface area is 156 Å². The average molecular weight is 371 g/mol. The summed E-state index contributed by atoms with van der Waals surface area (Å²) in [7, 11) is 0. The molecule has 0 saturated heterocycles. The van der Waals surface area contributed by atoms with E-state index in [1.54, 1.807) is 54.6 Å². The van der Waals surface area contributed by atoms with Gasteiger partial charge in [0.2, 0.25) is 0 Å². The van der Waals surface area contributed by atoms with E-state index < -0.39 is 12.0 Å². The topological polar surface area (TPSA) is 20.3 Å². The SMILES string of the molecule is C=CCN(CC=C)c1ccc(C=C(C(=O)C(F)(F)F)c2ccccc2)cc1. The molecular formula is C22H20F3NO. The van der Waals surface area contributed by atoms with Crippen LogP contribution in [0.2, 0.25) is 0 Å². The maximum atomic E-state index is 13.0. The molecule has 0 unspecified atom stereocenters. The van der Waals surface area contributed by atoms with E-state index >= 15 is 0 Å². The van der Waals surface area contributed by atoms with Gasteiger partial charge in [0, 0.05) is 24.4 Å². The third-order valence-corrected chi connectivity index (χ3v) is 3.86. The number of carbonyl (C=O) groups is 1. The van der Waals surface area contributed by atoms with E-state index in [2.05, 4.69) is 13.2 Å². The summed E-state index contributed by atoms with van der Waals surface area (Å²) in [5, 5.41) is 0. The molecule has 0 aliphatic carbocycles. The van der Waals surface area contributed by atoms with Gasteiger partial charge in [0.25, 0.3) is 5.78 Å². The predicted molar refractivity (Wildman–Crippen MR) is 104 cm³/mol. The summed E-state index contributed by atoms with van der Waals surface area (Å²) in [4.78, 5) is 13.9. The molecule has 2 aromatic carbocycles. The number of halogens is 3. The maximum Gasteiger partial charge on any atom is 0.454 e. The van der Waals surface area contributed by atoms with Crippen LogP contribution in [0.5, 0.6) is 0 Å². The van der Waals surface area contributed by atoms with E-state index in [1.165, 1.54) is 18.2 Å². The Balaban J connectivity index is 2.40. The number of alkyl halides is 3. The molecule has 140 valence electrons. The highest BCUT2D eigenvalue weighted by molar-refractivity contribution is 6.27. The number of ketones is 1. The number of hydrogen-bond donors (Lipinski definition) is 0. The Morgan fingerprint density at radius 3 is 1.96 bits per heavy atom. The molecule has 2 nitrogen and oxygen atoms in total. The van der Waals surface area contributed by atoms with Crippen LogP contribution in [0.3, 0.4) is 0 Å². The zero-order chi connectivity index (χ0) is 19.9. The van der Waals surface area contributed by atoms with Gasteiger partial charge < -0.3 is 4.90 Å². The summed E-state index contributed by atoms with van der Waals surface area (Å²) in [5.74, 6) is -1.86. The third kappa shape index (κ3) is 5.45. The number of hydrogen-bond acceptors (Lipinski definition) is 2. The zero-order valence-electron chi connectivity index (χ0n) is 14.7. The van der Waals surface area contributed by atoms with Crippen molar-refractivity contribution in [3.8, 4) is 0 Å². The molecule has 0 aliphatic rings. The normalized spacial score (nSPS) is 11.7. The van der Waals surface area contributed by atoms with Gasteiger partial charge in [0.05, 0.1) is 0 Å². The maximum absolute atomic E-state index is 13.0. The standard InChI is InChI=1S/C22H20F3NO/c1-3-14-26(15-4-2)19-12-10-17(11-13-19)16-20(21(27)22(23,24)25)18-8-6-5-7-9-18/h3-13,16H,1-2,14-15H2. The van der Waals surface area contributed by atoms with Gasteiger partial charge in [0.1, 0.15) is 0 Å². The zero-order valence-corrected chi connectivity index (χ0v) is 14.7. The molecule has 0 N–H and O–H groups in total. The monoisotopic (exact) mass is 371 g/mol. The molecule has 0 aliphatic heterocycles. The summed E-state index contributed by atoms with van der Waals surface area (Å²) in [6.45, 7) is 8.65. The highest BCUT2D eigenvalue weighted by Crippen LogP contribution is 2.29. The van der Waals surface area contributed by atoms with Crippen molar-refractivity contribution in [2.24, 2.45) is 0 Å². The van der Waals surface area contributed by atoms with E-state index in [4.69, 9.17) is 0 Å². The van der Waals surface area contributed by atoms with Gasteiger partial charge in [-0.25, -0.2) is 0 Å². The lowest BCUT2D eigenvalue weighted by molar-refractivity contribution is -0.164. The first-order valence-corrected chi connectivity index (χ1v) is 8.32. The molecule has 0 radical (unpaired) electrons. The number of nitrogens with zero attached hydrogens (tertiary/aromatic N) is 1. The molecule has 5 heteroatoms. The summed E-state index contributed by atoms with van der Waals surface area (Å²) in [6, 6.07) is 14.8. The Hall–Kier alpha value is -3.08. The van der Waals surface area contributed by atoms with Crippen molar-refractivity contribution >= 4 is 23.1 Å². The molecular weight excluding hydrogens is 351 g/mol. The quantitative estimate of drug-likeness (QED) is 0.345. The van der Waals surface area contributed by atoms with Crippen LogP contribution in [0.15, 0.2) is 79.9 Å².